The Morgan fingerprint density at radius 3 is 2.19 bits per heavy atom. The van der Waals surface area contributed by atoms with E-state index >= 15 is 0 Å². The molecule has 0 heterocycles. The number of esters is 1. The average Bonchev–Trinajstić information content (AvgIpc) is 2.51. The summed E-state index contributed by atoms with van der Waals surface area (Å²) in [7, 11) is 1.22. The lowest BCUT2D eigenvalue weighted by Gasteiger charge is -2.19. The van der Waals surface area contributed by atoms with Crippen LogP contribution in [-0.2, 0) is 4.74 Å². The van der Waals surface area contributed by atoms with E-state index in [1.54, 1.807) is 24.3 Å². The van der Waals surface area contributed by atoms with Crippen molar-refractivity contribution in [3.63, 3.8) is 0 Å². The number of methoxy groups -OCH3 is 1. The third-order valence-corrected chi connectivity index (χ3v) is 3.83. The number of rotatable bonds is 1. The summed E-state index contributed by atoms with van der Waals surface area (Å²) in [6, 6.07) is 9.36. The van der Waals surface area contributed by atoms with E-state index in [0.717, 1.165) is 0 Å². The monoisotopic (exact) mass is 300 g/mol. The number of hydrogen-bond donors (Lipinski definition) is 0. The van der Waals surface area contributed by atoms with Gasteiger partial charge in [0.2, 0.25) is 0 Å². The molecule has 1 aliphatic carbocycles. The summed E-state index contributed by atoms with van der Waals surface area (Å²) in [6.45, 7) is 0. The fourth-order valence-corrected chi connectivity index (χ4v) is 2.74. The quantitative estimate of drug-likeness (QED) is 0.648. The molecule has 0 bridgehead atoms. The van der Waals surface area contributed by atoms with Gasteiger partial charge in [-0.1, -0.05) is 35.9 Å². The van der Waals surface area contributed by atoms with Crippen molar-refractivity contribution in [1.29, 1.82) is 0 Å². The van der Waals surface area contributed by atoms with Crippen molar-refractivity contribution < 1.29 is 19.1 Å². The lowest BCUT2D eigenvalue weighted by molar-refractivity contribution is 0.0600. The molecule has 0 atom stereocenters. The normalized spacial score (nSPS) is 12.7. The highest BCUT2D eigenvalue weighted by Crippen LogP contribution is 2.34. The third-order valence-electron chi connectivity index (χ3n) is 3.44. The Kier molecular flexibility index (Phi) is 3.11. The molecule has 4 nitrogen and oxygen atoms in total. The van der Waals surface area contributed by atoms with Gasteiger partial charge in [0, 0.05) is 16.7 Å². The molecule has 0 spiro atoms. The second kappa shape index (κ2) is 4.82. The first kappa shape index (κ1) is 13.5. The number of hydrogen-bond acceptors (Lipinski definition) is 4. The van der Waals surface area contributed by atoms with Crippen LogP contribution in [0.5, 0.6) is 0 Å². The molecule has 0 radical (unpaired) electrons. The van der Waals surface area contributed by atoms with Crippen LogP contribution in [0.4, 0.5) is 0 Å². The van der Waals surface area contributed by atoms with Crippen LogP contribution >= 0.6 is 11.6 Å². The molecule has 0 saturated carbocycles. The average molecular weight is 301 g/mol. The Morgan fingerprint density at radius 2 is 1.57 bits per heavy atom. The van der Waals surface area contributed by atoms with Crippen LogP contribution < -0.4 is 0 Å². The fraction of sp³-hybridized carbons (Fsp3) is 0.0625. The number of carbonyl (C=O) groups excluding carboxylic acids is 3. The molecular formula is C16H9ClO4. The fourth-order valence-electron chi connectivity index (χ4n) is 2.41. The van der Waals surface area contributed by atoms with Gasteiger partial charge in [0.25, 0.3) is 0 Å². The van der Waals surface area contributed by atoms with E-state index in [4.69, 9.17) is 11.6 Å². The highest BCUT2D eigenvalue weighted by Gasteiger charge is 2.33. The number of ether oxygens (including phenoxy) is 1. The highest BCUT2D eigenvalue weighted by atomic mass is 35.5. The minimum Gasteiger partial charge on any atom is -0.465 e. The number of ketones is 2. The van der Waals surface area contributed by atoms with E-state index in [2.05, 4.69) is 4.74 Å². The molecule has 0 fully saturated rings. The van der Waals surface area contributed by atoms with Crippen molar-refractivity contribution >= 4 is 29.1 Å². The summed E-state index contributed by atoms with van der Waals surface area (Å²) in [5, 5.41) is -0.0489. The van der Waals surface area contributed by atoms with Gasteiger partial charge in [-0.05, 0) is 12.1 Å². The molecule has 3 rings (SSSR count). The third kappa shape index (κ3) is 1.87. The van der Waals surface area contributed by atoms with Gasteiger partial charge >= 0.3 is 5.97 Å². The predicted molar refractivity (Wildman–Crippen MR) is 76.1 cm³/mol. The minimum atomic E-state index is -0.651. The maximum atomic E-state index is 12.5. The zero-order valence-corrected chi connectivity index (χ0v) is 11.7. The smallest absolute Gasteiger partial charge is 0.339 e. The van der Waals surface area contributed by atoms with Crippen molar-refractivity contribution in [1.82, 2.24) is 0 Å². The van der Waals surface area contributed by atoms with Crippen LogP contribution in [0.1, 0.15) is 42.2 Å². The zero-order valence-electron chi connectivity index (χ0n) is 11.0. The largest absolute Gasteiger partial charge is 0.465 e. The molecule has 0 unspecified atom stereocenters. The number of benzene rings is 2. The maximum Gasteiger partial charge on any atom is 0.339 e. The summed E-state index contributed by atoms with van der Waals surface area (Å²) in [4.78, 5) is 36.6. The number of halogens is 1. The summed E-state index contributed by atoms with van der Waals surface area (Å²) >= 11 is 6.15. The Balaban J connectivity index is 2.29. The van der Waals surface area contributed by atoms with Gasteiger partial charge in [-0.2, -0.15) is 0 Å². The first-order valence-electron chi connectivity index (χ1n) is 6.15. The van der Waals surface area contributed by atoms with Crippen molar-refractivity contribution in [3.8, 4) is 0 Å². The van der Waals surface area contributed by atoms with Crippen LogP contribution in [-0.4, -0.2) is 24.6 Å². The summed E-state index contributed by atoms with van der Waals surface area (Å²) in [5.41, 5.74) is 0.967. The van der Waals surface area contributed by atoms with Gasteiger partial charge in [0.1, 0.15) is 0 Å². The minimum absolute atomic E-state index is 0.0489. The zero-order chi connectivity index (χ0) is 15.1. The first-order valence-corrected chi connectivity index (χ1v) is 6.53. The molecule has 0 amide bonds. The Labute approximate surface area is 125 Å². The second-order valence-electron chi connectivity index (χ2n) is 4.55. The lowest BCUT2D eigenvalue weighted by atomic mass is 9.83. The SMILES string of the molecule is COC(=O)c1ccc2c(c1Cl)C(=O)c1ccccc1C2=O. The predicted octanol–water partition coefficient (Wildman–Crippen LogP) is 2.90. The van der Waals surface area contributed by atoms with E-state index in [1.165, 1.54) is 19.2 Å². The van der Waals surface area contributed by atoms with Crippen LogP contribution in [0.3, 0.4) is 0 Å². The Hall–Kier alpha value is -2.46. The molecule has 0 N–H and O–H groups in total. The molecule has 0 aliphatic heterocycles. The van der Waals surface area contributed by atoms with Gasteiger partial charge in [-0.25, -0.2) is 4.79 Å². The van der Waals surface area contributed by atoms with Crippen molar-refractivity contribution in [2.24, 2.45) is 0 Å². The maximum absolute atomic E-state index is 12.5. The molecule has 5 heteroatoms. The van der Waals surface area contributed by atoms with E-state index in [1.807, 2.05) is 0 Å². The molecule has 2 aromatic carbocycles. The molecule has 104 valence electrons. The van der Waals surface area contributed by atoms with Crippen molar-refractivity contribution in [2.75, 3.05) is 7.11 Å². The van der Waals surface area contributed by atoms with Crippen molar-refractivity contribution in [3.05, 3.63) is 69.2 Å². The summed E-state index contributed by atoms with van der Waals surface area (Å²) in [5.74, 6) is -1.30. The summed E-state index contributed by atoms with van der Waals surface area (Å²) in [6.07, 6.45) is 0. The second-order valence-corrected chi connectivity index (χ2v) is 4.92. The molecule has 21 heavy (non-hydrogen) atoms. The van der Waals surface area contributed by atoms with Gasteiger partial charge in [-0.3, -0.25) is 9.59 Å². The van der Waals surface area contributed by atoms with Gasteiger partial charge < -0.3 is 4.74 Å². The van der Waals surface area contributed by atoms with Gasteiger partial charge in [0.15, 0.2) is 11.6 Å². The molecule has 1 aliphatic rings. The van der Waals surface area contributed by atoms with Gasteiger partial charge in [-0.15, -0.1) is 0 Å². The summed E-state index contributed by atoms with van der Waals surface area (Å²) < 4.78 is 4.62. The van der Waals surface area contributed by atoms with Crippen LogP contribution in [0.25, 0.3) is 0 Å². The number of fused-ring (bicyclic) bond motifs is 2. The molecule has 0 saturated heterocycles. The topological polar surface area (TPSA) is 60.4 Å². The standard InChI is InChI=1S/C16H9ClO4/c1-21-16(20)11-7-6-10-12(13(11)17)15(19)9-5-3-2-4-8(9)14(10)18/h2-7H,1H3. The Morgan fingerprint density at radius 1 is 0.952 bits per heavy atom. The van der Waals surface area contributed by atoms with Crippen LogP contribution in [0, 0.1) is 0 Å². The highest BCUT2D eigenvalue weighted by molar-refractivity contribution is 6.41. The van der Waals surface area contributed by atoms with Crippen LogP contribution in [0.2, 0.25) is 5.02 Å². The number of carbonyl (C=O) groups is 3. The molecule has 0 aromatic heterocycles. The van der Waals surface area contributed by atoms with E-state index in [0.29, 0.717) is 11.1 Å². The van der Waals surface area contributed by atoms with E-state index in [-0.39, 0.29) is 33.3 Å². The Bertz CT molecular complexity index is 808. The molecule has 2 aromatic rings. The van der Waals surface area contributed by atoms with Crippen molar-refractivity contribution in [2.45, 2.75) is 0 Å². The molecular weight excluding hydrogens is 292 g/mol. The van der Waals surface area contributed by atoms with Crippen LogP contribution in [0.15, 0.2) is 36.4 Å². The van der Waals surface area contributed by atoms with E-state index in [9.17, 15) is 14.4 Å². The van der Waals surface area contributed by atoms with Gasteiger partial charge in [0.05, 0.1) is 23.3 Å². The van der Waals surface area contributed by atoms with E-state index < -0.39 is 5.97 Å². The first-order chi connectivity index (χ1) is 10.1. The lowest BCUT2D eigenvalue weighted by Crippen LogP contribution is -2.22.